The van der Waals surface area contributed by atoms with Crippen molar-refractivity contribution in [3.05, 3.63) is 35.4 Å². The fourth-order valence-electron chi connectivity index (χ4n) is 3.29. The summed E-state index contributed by atoms with van der Waals surface area (Å²) in [6, 6.07) is 5.44. The van der Waals surface area contributed by atoms with Crippen LogP contribution in [-0.4, -0.2) is 40.7 Å². The van der Waals surface area contributed by atoms with Gasteiger partial charge >= 0.3 is 0 Å². The number of hydrogen-bond acceptors (Lipinski definition) is 6. The summed E-state index contributed by atoms with van der Waals surface area (Å²) in [4.78, 5) is 12.7. The molecule has 0 bridgehead atoms. The van der Waals surface area contributed by atoms with Crippen LogP contribution in [0.15, 0.2) is 29.7 Å². The Morgan fingerprint density at radius 3 is 2.90 bits per heavy atom. The van der Waals surface area contributed by atoms with Gasteiger partial charge in [0.05, 0.1) is 10.3 Å². The molecule has 1 N–H and O–H groups in total. The van der Waals surface area contributed by atoms with E-state index in [9.17, 15) is 4.79 Å². The number of carbonyl (C=O) groups is 1. The number of aromatic nitrogens is 6. The predicted molar refractivity (Wildman–Crippen MR) is 113 cm³/mol. The van der Waals surface area contributed by atoms with E-state index in [0.717, 1.165) is 43.0 Å². The van der Waals surface area contributed by atoms with Gasteiger partial charge in [-0.2, -0.15) is 0 Å². The van der Waals surface area contributed by atoms with Gasteiger partial charge in [0.1, 0.15) is 12.2 Å². The molecule has 152 valence electrons. The molecule has 4 rings (SSSR count). The fourth-order valence-corrected chi connectivity index (χ4v) is 4.29. The second kappa shape index (κ2) is 8.54. The molecule has 3 aromatic rings. The zero-order chi connectivity index (χ0) is 20.4. The number of amides is 1. The number of anilines is 1. The maximum atomic E-state index is 12.7. The SMILES string of the molecule is CC(Sc1nncn1C)C(=O)Nc1ccc(Cl)c(-c2nnc3n2CCCCC3)c1. The maximum Gasteiger partial charge on any atom is 0.237 e. The zero-order valence-electron chi connectivity index (χ0n) is 16.3. The zero-order valence-corrected chi connectivity index (χ0v) is 17.9. The number of nitrogens with zero attached hydrogens (tertiary/aromatic N) is 6. The summed E-state index contributed by atoms with van der Waals surface area (Å²) in [6.45, 7) is 2.72. The molecule has 1 unspecified atom stereocenters. The van der Waals surface area contributed by atoms with Crippen LogP contribution in [0.3, 0.4) is 0 Å². The molecule has 3 heterocycles. The summed E-state index contributed by atoms with van der Waals surface area (Å²) in [6.07, 6.45) is 5.96. The standard InChI is InChI=1S/C19H22ClN7OS/c1-12(29-19-25-21-11-26(19)2)18(28)22-13-7-8-15(20)14(10-13)17-24-23-16-6-4-3-5-9-27(16)17/h7-8,10-12H,3-6,9H2,1-2H3,(H,22,28). The first-order valence-electron chi connectivity index (χ1n) is 9.56. The average Bonchev–Trinajstić information content (AvgIpc) is 3.21. The normalized spacial score (nSPS) is 14.9. The highest BCUT2D eigenvalue weighted by Gasteiger charge is 2.20. The lowest BCUT2D eigenvalue weighted by Gasteiger charge is -2.13. The number of carbonyl (C=O) groups excluding carboxylic acids is 1. The average molecular weight is 432 g/mol. The van der Waals surface area contributed by atoms with Crippen LogP contribution in [0.5, 0.6) is 0 Å². The Hall–Kier alpha value is -2.39. The summed E-state index contributed by atoms with van der Waals surface area (Å²) in [5.74, 6) is 1.63. The minimum Gasteiger partial charge on any atom is -0.325 e. The van der Waals surface area contributed by atoms with Gasteiger partial charge in [0, 0.05) is 31.3 Å². The predicted octanol–water partition coefficient (Wildman–Crippen LogP) is 3.57. The first-order valence-corrected chi connectivity index (χ1v) is 10.8. The third kappa shape index (κ3) is 4.30. The summed E-state index contributed by atoms with van der Waals surface area (Å²) in [5.41, 5.74) is 1.45. The van der Waals surface area contributed by atoms with Gasteiger partial charge in [-0.05, 0) is 38.0 Å². The van der Waals surface area contributed by atoms with E-state index in [-0.39, 0.29) is 11.2 Å². The first kappa shape index (κ1) is 19.9. The smallest absolute Gasteiger partial charge is 0.237 e. The van der Waals surface area contributed by atoms with Crippen LogP contribution in [0.1, 0.15) is 32.0 Å². The van der Waals surface area contributed by atoms with Crippen LogP contribution in [0.2, 0.25) is 5.02 Å². The highest BCUT2D eigenvalue weighted by atomic mass is 35.5. The molecule has 1 aliphatic rings. The van der Waals surface area contributed by atoms with Crippen molar-refractivity contribution in [2.24, 2.45) is 7.05 Å². The van der Waals surface area contributed by atoms with Gasteiger partial charge in [0.25, 0.3) is 0 Å². The Kier molecular flexibility index (Phi) is 5.86. The third-order valence-electron chi connectivity index (χ3n) is 4.91. The lowest BCUT2D eigenvalue weighted by molar-refractivity contribution is -0.115. The van der Waals surface area contributed by atoms with E-state index in [0.29, 0.717) is 15.9 Å². The number of rotatable bonds is 5. The van der Waals surface area contributed by atoms with Gasteiger partial charge in [-0.25, -0.2) is 0 Å². The van der Waals surface area contributed by atoms with E-state index in [4.69, 9.17) is 11.6 Å². The molecule has 0 saturated carbocycles. The lowest BCUT2D eigenvalue weighted by Crippen LogP contribution is -2.22. The molecule has 29 heavy (non-hydrogen) atoms. The summed E-state index contributed by atoms with van der Waals surface area (Å²) < 4.78 is 3.93. The van der Waals surface area contributed by atoms with Crippen LogP contribution in [-0.2, 0) is 24.8 Å². The Labute approximate surface area is 178 Å². The van der Waals surface area contributed by atoms with Crippen LogP contribution >= 0.6 is 23.4 Å². The number of thioether (sulfide) groups is 1. The molecule has 0 radical (unpaired) electrons. The number of benzene rings is 1. The molecule has 0 saturated heterocycles. The topological polar surface area (TPSA) is 90.5 Å². The number of aryl methyl sites for hydroxylation is 2. The number of hydrogen-bond donors (Lipinski definition) is 1. The van der Waals surface area contributed by atoms with Gasteiger partial charge < -0.3 is 14.5 Å². The molecule has 1 amide bonds. The Bertz CT molecular complexity index is 1030. The second-order valence-corrected chi connectivity index (χ2v) is 8.79. The van der Waals surface area contributed by atoms with Gasteiger partial charge in [0.2, 0.25) is 5.91 Å². The van der Waals surface area contributed by atoms with Crippen molar-refractivity contribution in [1.82, 2.24) is 29.5 Å². The molecular formula is C19H22ClN7OS. The first-order chi connectivity index (χ1) is 14.0. The monoisotopic (exact) mass is 431 g/mol. The van der Waals surface area contributed by atoms with Crippen molar-refractivity contribution in [3.8, 4) is 11.4 Å². The van der Waals surface area contributed by atoms with E-state index < -0.39 is 0 Å². The van der Waals surface area contributed by atoms with E-state index in [1.807, 2.05) is 20.0 Å². The Balaban J connectivity index is 1.54. The summed E-state index contributed by atoms with van der Waals surface area (Å²) in [5, 5.41) is 20.5. The van der Waals surface area contributed by atoms with E-state index >= 15 is 0 Å². The van der Waals surface area contributed by atoms with Gasteiger partial charge in [-0.1, -0.05) is 29.8 Å². The van der Waals surface area contributed by atoms with Crippen LogP contribution in [0.4, 0.5) is 5.69 Å². The van der Waals surface area contributed by atoms with E-state index in [1.165, 1.54) is 18.2 Å². The summed E-state index contributed by atoms with van der Waals surface area (Å²) in [7, 11) is 1.85. The van der Waals surface area contributed by atoms with E-state index in [2.05, 4.69) is 30.3 Å². The highest BCUT2D eigenvalue weighted by molar-refractivity contribution is 8.00. The maximum absolute atomic E-state index is 12.7. The van der Waals surface area contributed by atoms with E-state index in [1.54, 1.807) is 23.0 Å². The van der Waals surface area contributed by atoms with Crippen molar-refractivity contribution < 1.29 is 4.79 Å². The summed E-state index contributed by atoms with van der Waals surface area (Å²) >= 11 is 7.82. The van der Waals surface area contributed by atoms with Crippen molar-refractivity contribution in [2.45, 2.75) is 49.6 Å². The van der Waals surface area contributed by atoms with Crippen molar-refractivity contribution in [1.29, 1.82) is 0 Å². The molecule has 0 fully saturated rings. The largest absolute Gasteiger partial charge is 0.325 e. The number of fused-ring (bicyclic) bond motifs is 1. The van der Waals surface area contributed by atoms with Gasteiger partial charge in [-0.15, -0.1) is 20.4 Å². The van der Waals surface area contributed by atoms with Crippen LogP contribution in [0.25, 0.3) is 11.4 Å². The minimum absolute atomic E-state index is 0.119. The quantitative estimate of drug-likeness (QED) is 0.621. The van der Waals surface area contributed by atoms with Crippen molar-refractivity contribution in [2.75, 3.05) is 5.32 Å². The molecule has 0 aliphatic carbocycles. The molecule has 0 spiro atoms. The lowest BCUT2D eigenvalue weighted by atomic mass is 10.1. The molecule has 8 nitrogen and oxygen atoms in total. The third-order valence-corrected chi connectivity index (χ3v) is 6.38. The van der Waals surface area contributed by atoms with Crippen LogP contribution in [0, 0.1) is 0 Å². The molecule has 1 aromatic carbocycles. The van der Waals surface area contributed by atoms with Crippen LogP contribution < -0.4 is 5.32 Å². The minimum atomic E-state index is -0.332. The number of nitrogens with one attached hydrogen (secondary N) is 1. The van der Waals surface area contributed by atoms with Gasteiger partial charge in [0.15, 0.2) is 11.0 Å². The molecule has 1 aliphatic heterocycles. The van der Waals surface area contributed by atoms with Crippen molar-refractivity contribution in [3.63, 3.8) is 0 Å². The fraction of sp³-hybridized carbons (Fsp3) is 0.421. The number of halogens is 1. The molecule has 10 heteroatoms. The molecule has 2 aromatic heterocycles. The molecule has 1 atom stereocenters. The molecular weight excluding hydrogens is 410 g/mol. The second-order valence-electron chi connectivity index (χ2n) is 7.07. The van der Waals surface area contributed by atoms with Gasteiger partial charge in [-0.3, -0.25) is 4.79 Å². The Morgan fingerprint density at radius 2 is 2.10 bits per heavy atom. The highest BCUT2D eigenvalue weighted by Crippen LogP contribution is 2.31. The van der Waals surface area contributed by atoms with Crippen molar-refractivity contribution >= 4 is 35.0 Å². The Morgan fingerprint density at radius 1 is 1.24 bits per heavy atom.